The van der Waals surface area contributed by atoms with Gasteiger partial charge in [0.15, 0.2) is 11.6 Å². The van der Waals surface area contributed by atoms with Crippen LogP contribution in [0, 0.1) is 13.8 Å². The Labute approximate surface area is 372 Å². The van der Waals surface area contributed by atoms with Crippen LogP contribution in [0.3, 0.4) is 0 Å². The van der Waals surface area contributed by atoms with E-state index in [0.717, 1.165) is 11.1 Å². The second-order valence-corrected chi connectivity index (χ2v) is 14.6. The van der Waals surface area contributed by atoms with E-state index in [2.05, 4.69) is 5.32 Å². The van der Waals surface area contributed by atoms with Crippen molar-refractivity contribution in [1.82, 2.24) is 5.32 Å². The lowest BCUT2D eigenvalue weighted by Crippen LogP contribution is -2.26. The lowest BCUT2D eigenvalue weighted by molar-refractivity contribution is -0.138. The van der Waals surface area contributed by atoms with Gasteiger partial charge in [-0.25, -0.2) is 0 Å². The number of carbonyl (C=O) groups excluding carboxylic acids is 3. The molecule has 0 saturated heterocycles. The molecule has 0 bridgehead atoms. The van der Waals surface area contributed by atoms with Crippen LogP contribution in [0.15, 0.2) is 103 Å². The fraction of sp³-hybridized carbons (Fsp3) is 0.217. The molecule has 0 heterocycles. The van der Waals surface area contributed by atoms with Crippen LogP contribution in [0.5, 0.6) is 17.2 Å². The summed E-state index contributed by atoms with van der Waals surface area (Å²) in [5, 5.41) is 38.6. The second-order valence-electron chi connectivity index (χ2n) is 13.4. The quantitative estimate of drug-likeness (QED) is 0.0411. The Morgan fingerprint density at radius 1 is 0.565 bits per heavy atom. The smallest absolute Gasteiger partial charge is 0.305 e. The Morgan fingerprint density at radius 2 is 1.15 bits per heavy atom. The number of halogens is 3. The second kappa shape index (κ2) is 25.4. The average Bonchev–Trinajstić information content (AvgIpc) is 3.23. The molecule has 5 rings (SSSR count). The zero-order chi connectivity index (χ0) is 45.8. The van der Waals surface area contributed by atoms with Crippen molar-refractivity contribution in [2.75, 3.05) is 19.8 Å². The predicted octanol–water partition coefficient (Wildman–Crippen LogP) is 9.50. The number of hydrogen-bond acceptors (Lipinski definition) is 9. The molecular weight excluding hydrogens is 865 g/mol. The van der Waals surface area contributed by atoms with Crippen LogP contribution in [0.2, 0.25) is 15.1 Å². The maximum Gasteiger partial charge on any atom is 0.305 e. The fourth-order valence-electron chi connectivity index (χ4n) is 5.31. The average molecular weight is 909 g/mol. The minimum atomic E-state index is -1.00. The molecule has 5 aromatic carbocycles. The molecule has 0 radical (unpaired) electrons. The van der Waals surface area contributed by atoms with Gasteiger partial charge in [0, 0.05) is 40.6 Å². The van der Waals surface area contributed by atoms with Gasteiger partial charge in [0.25, 0.3) is 5.91 Å². The molecule has 0 aliphatic rings. The SMILES string of the molecule is Cc1cc(OCCCC(=O)O)c(C(=O)c2ccccc2)cc1Cl.Cc1ccc(OCCCC(=O)O)c(C(=O)c2ccccc2Cl)c1.O=C(O)CCNC(=O)c1cc(Cl)ccc1O. The highest BCUT2D eigenvalue weighted by Crippen LogP contribution is 2.30. The molecule has 0 unspecified atom stereocenters. The number of nitrogens with one attached hydrogen (secondary N) is 1. The molecule has 5 N–H and O–H groups in total. The minimum Gasteiger partial charge on any atom is -0.507 e. The van der Waals surface area contributed by atoms with Crippen LogP contribution in [0.4, 0.5) is 0 Å². The van der Waals surface area contributed by atoms with Gasteiger partial charge in [-0.1, -0.05) is 88.9 Å². The molecule has 0 aromatic heterocycles. The number of carbonyl (C=O) groups is 6. The first-order chi connectivity index (χ1) is 29.5. The van der Waals surface area contributed by atoms with Gasteiger partial charge in [0.1, 0.15) is 17.2 Å². The van der Waals surface area contributed by atoms with E-state index in [9.17, 15) is 33.9 Å². The number of aryl methyl sites for hydroxylation is 2. The number of carboxylic acids is 3. The Bertz CT molecular complexity index is 2370. The zero-order valence-corrected chi connectivity index (χ0v) is 35.9. The molecule has 0 atom stereocenters. The number of phenols is 1. The molecule has 0 saturated carbocycles. The summed E-state index contributed by atoms with van der Waals surface area (Å²) >= 11 is 17.9. The summed E-state index contributed by atoms with van der Waals surface area (Å²) in [6, 6.07) is 28.4. The topological polar surface area (TPSA) is 214 Å². The Hall–Kier alpha value is -6.41. The van der Waals surface area contributed by atoms with Crippen LogP contribution in [-0.2, 0) is 14.4 Å². The third kappa shape index (κ3) is 16.6. The van der Waals surface area contributed by atoms with Crippen LogP contribution in [-0.4, -0.2) is 75.6 Å². The van der Waals surface area contributed by atoms with Gasteiger partial charge in [-0.05, 0) is 86.8 Å². The molecule has 326 valence electrons. The first kappa shape index (κ1) is 49.9. The first-order valence-corrected chi connectivity index (χ1v) is 20.1. The molecule has 16 heteroatoms. The van der Waals surface area contributed by atoms with Crippen molar-refractivity contribution in [2.24, 2.45) is 0 Å². The lowest BCUT2D eigenvalue weighted by atomic mass is 10.0. The molecule has 0 fully saturated rings. The van der Waals surface area contributed by atoms with Crippen molar-refractivity contribution in [3.63, 3.8) is 0 Å². The summed E-state index contributed by atoms with van der Waals surface area (Å²) in [5.41, 5.74) is 3.51. The number of amides is 1. The van der Waals surface area contributed by atoms with E-state index < -0.39 is 23.8 Å². The molecule has 1 amide bonds. The number of aliphatic carboxylic acids is 3. The lowest BCUT2D eigenvalue weighted by Gasteiger charge is -2.13. The van der Waals surface area contributed by atoms with Crippen molar-refractivity contribution < 1.29 is 58.7 Å². The maximum atomic E-state index is 12.7. The van der Waals surface area contributed by atoms with Crippen molar-refractivity contribution in [2.45, 2.75) is 46.0 Å². The molecular formula is C46H44Cl3NO12. The number of ketones is 2. The Balaban J connectivity index is 0.000000253. The van der Waals surface area contributed by atoms with E-state index >= 15 is 0 Å². The number of rotatable bonds is 18. The van der Waals surface area contributed by atoms with Gasteiger partial charge in [-0.2, -0.15) is 0 Å². The molecule has 5 aromatic rings. The zero-order valence-electron chi connectivity index (χ0n) is 33.7. The predicted molar refractivity (Wildman–Crippen MR) is 235 cm³/mol. The highest BCUT2D eigenvalue weighted by Gasteiger charge is 2.19. The highest BCUT2D eigenvalue weighted by atomic mass is 35.5. The van der Waals surface area contributed by atoms with Crippen LogP contribution in [0.1, 0.15) is 85.4 Å². The number of benzene rings is 5. The van der Waals surface area contributed by atoms with Crippen LogP contribution < -0.4 is 14.8 Å². The van der Waals surface area contributed by atoms with Gasteiger partial charge in [-0.15, -0.1) is 0 Å². The normalized spacial score (nSPS) is 10.2. The highest BCUT2D eigenvalue weighted by molar-refractivity contribution is 6.35. The van der Waals surface area contributed by atoms with Crippen molar-refractivity contribution in [3.05, 3.63) is 157 Å². The van der Waals surface area contributed by atoms with E-state index in [1.165, 1.54) is 18.2 Å². The summed E-state index contributed by atoms with van der Waals surface area (Å²) in [6.45, 7) is 4.17. The molecule has 13 nitrogen and oxygen atoms in total. The van der Waals surface area contributed by atoms with Gasteiger partial charge in [0.05, 0.1) is 41.3 Å². The van der Waals surface area contributed by atoms with E-state index in [4.69, 9.17) is 59.6 Å². The summed E-state index contributed by atoms with van der Waals surface area (Å²) in [6.07, 6.45) is 0.625. The van der Waals surface area contributed by atoms with Crippen molar-refractivity contribution in [1.29, 1.82) is 0 Å². The third-order valence-electron chi connectivity index (χ3n) is 8.45. The van der Waals surface area contributed by atoms with E-state index in [-0.39, 0.29) is 61.9 Å². The van der Waals surface area contributed by atoms with Crippen LogP contribution >= 0.6 is 34.8 Å². The number of carboxylic acid groups (broad SMARTS) is 3. The van der Waals surface area contributed by atoms with E-state index in [0.29, 0.717) is 61.7 Å². The number of aromatic hydroxyl groups is 1. The Kier molecular flexibility index (Phi) is 20.4. The summed E-state index contributed by atoms with van der Waals surface area (Å²) in [5.74, 6) is -3.04. The van der Waals surface area contributed by atoms with Gasteiger partial charge in [-0.3, -0.25) is 28.8 Å². The number of phenolic OH excluding ortho intramolecular Hbond substituents is 1. The van der Waals surface area contributed by atoms with Gasteiger partial charge >= 0.3 is 17.9 Å². The van der Waals surface area contributed by atoms with E-state index in [1.807, 2.05) is 26.0 Å². The first-order valence-electron chi connectivity index (χ1n) is 19.0. The van der Waals surface area contributed by atoms with Gasteiger partial charge < -0.3 is 35.2 Å². The van der Waals surface area contributed by atoms with Crippen LogP contribution in [0.25, 0.3) is 0 Å². The Morgan fingerprint density at radius 3 is 1.76 bits per heavy atom. The summed E-state index contributed by atoms with van der Waals surface area (Å²) in [7, 11) is 0. The molecule has 0 spiro atoms. The largest absolute Gasteiger partial charge is 0.507 e. The third-order valence-corrected chi connectivity index (χ3v) is 9.42. The van der Waals surface area contributed by atoms with Gasteiger partial charge in [0.2, 0.25) is 0 Å². The molecule has 62 heavy (non-hydrogen) atoms. The fourth-order valence-corrected chi connectivity index (χ4v) is 5.87. The van der Waals surface area contributed by atoms with Crippen molar-refractivity contribution >= 4 is 70.2 Å². The molecule has 0 aliphatic carbocycles. The summed E-state index contributed by atoms with van der Waals surface area (Å²) in [4.78, 5) is 68.1. The monoisotopic (exact) mass is 907 g/mol. The number of hydrogen-bond donors (Lipinski definition) is 5. The standard InChI is InChI=1S/2C18H17ClO4.C10H10ClNO4/c1-12-8-9-16(23-10-4-7-17(20)21)14(11-12)18(22)13-5-2-3-6-15(13)19;1-12-10-16(23-9-5-8-17(20)21)14(11-15(12)19)18(22)13-6-3-2-4-7-13;11-6-1-2-8(13)7(5-6)10(16)12-4-3-9(14)15/h2-3,5-6,8-9,11H,4,7,10H2,1H3,(H,20,21);2-4,6-7,10-11H,5,8-9H2,1H3,(H,20,21);1-2,5,13H,3-4H2,(H,12,16)(H,14,15). The number of ether oxygens (including phenoxy) is 2. The minimum absolute atomic E-state index is 0.000119. The maximum absolute atomic E-state index is 12.7. The van der Waals surface area contributed by atoms with E-state index in [1.54, 1.807) is 72.8 Å². The molecule has 0 aliphatic heterocycles. The van der Waals surface area contributed by atoms with Crippen molar-refractivity contribution in [3.8, 4) is 17.2 Å². The summed E-state index contributed by atoms with van der Waals surface area (Å²) < 4.78 is 11.2.